The highest BCUT2D eigenvalue weighted by molar-refractivity contribution is 5.85. The van der Waals surface area contributed by atoms with Crippen LogP contribution in [0.4, 0.5) is 0 Å². The fourth-order valence-corrected chi connectivity index (χ4v) is 3.21. The van der Waals surface area contributed by atoms with Crippen LogP contribution in [0.15, 0.2) is 67.0 Å². The summed E-state index contributed by atoms with van der Waals surface area (Å²) in [4.78, 5) is 12.4. The van der Waals surface area contributed by atoms with E-state index in [1.165, 1.54) is 16.3 Å². The first-order chi connectivity index (χ1) is 13.4. The zero-order valence-electron chi connectivity index (χ0n) is 14.3. The number of pyridine rings is 1. The predicted octanol–water partition coefficient (Wildman–Crippen LogP) is 3.40. The summed E-state index contributed by atoms with van der Waals surface area (Å²) in [6.45, 7) is 0. The van der Waals surface area contributed by atoms with Gasteiger partial charge in [-0.2, -0.15) is 5.21 Å². The number of fused-ring (bicyclic) bond motifs is 1. The Balaban J connectivity index is 1.46. The molecule has 0 bridgehead atoms. The second-order valence-electron chi connectivity index (χ2n) is 6.22. The van der Waals surface area contributed by atoms with Gasteiger partial charge < -0.3 is 4.98 Å². The van der Waals surface area contributed by atoms with Gasteiger partial charge in [-0.1, -0.05) is 42.5 Å². The van der Waals surface area contributed by atoms with Crippen LogP contribution in [0, 0.1) is 0 Å². The molecule has 0 aliphatic rings. The fourth-order valence-electron chi connectivity index (χ4n) is 3.21. The summed E-state index contributed by atoms with van der Waals surface area (Å²) in [5, 5.41) is 16.6. The Morgan fingerprint density at radius 2 is 1.85 bits per heavy atom. The van der Waals surface area contributed by atoms with E-state index in [1.807, 2.05) is 18.3 Å². The molecule has 5 aromatic rings. The smallest absolute Gasteiger partial charge is 0.204 e. The molecule has 27 heavy (non-hydrogen) atoms. The normalized spacial score (nSPS) is 11.1. The van der Waals surface area contributed by atoms with Gasteiger partial charge in [0.2, 0.25) is 5.82 Å². The summed E-state index contributed by atoms with van der Waals surface area (Å²) in [6, 6.07) is 18.5. The summed E-state index contributed by atoms with van der Waals surface area (Å²) in [7, 11) is 0. The van der Waals surface area contributed by atoms with Gasteiger partial charge in [0.25, 0.3) is 0 Å². The zero-order chi connectivity index (χ0) is 18.1. The molecule has 0 saturated heterocycles. The molecule has 0 aliphatic carbocycles. The Labute approximate surface area is 154 Å². The largest absolute Gasteiger partial charge is 0.340 e. The lowest BCUT2D eigenvalue weighted by Crippen LogP contribution is -1.93. The first kappa shape index (κ1) is 15.4. The van der Waals surface area contributed by atoms with E-state index in [1.54, 1.807) is 6.20 Å². The highest BCUT2D eigenvalue weighted by Crippen LogP contribution is 2.23. The van der Waals surface area contributed by atoms with Gasteiger partial charge in [0.05, 0.1) is 17.6 Å². The minimum atomic E-state index is 0.536. The van der Waals surface area contributed by atoms with Crippen molar-refractivity contribution in [3.05, 3.63) is 78.4 Å². The minimum absolute atomic E-state index is 0.536. The monoisotopic (exact) mass is 353 g/mol. The van der Waals surface area contributed by atoms with E-state index in [4.69, 9.17) is 0 Å². The van der Waals surface area contributed by atoms with Gasteiger partial charge in [0, 0.05) is 18.2 Å². The van der Waals surface area contributed by atoms with Crippen molar-refractivity contribution in [1.29, 1.82) is 0 Å². The number of aromatic amines is 2. The number of rotatable bonds is 4. The van der Waals surface area contributed by atoms with Gasteiger partial charge >= 0.3 is 0 Å². The fraction of sp³-hybridized carbons (Fsp3) is 0.0500. The molecule has 0 atom stereocenters. The molecule has 0 fully saturated rings. The predicted molar refractivity (Wildman–Crippen MR) is 102 cm³/mol. The molecule has 130 valence electrons. The number of nitrogens with zero attached hydrogens (tertiary/aromatic N) is 5. The standard InChI is InChI=1S/C20H15N7/c1-2-7-16-13(4-1)5-3-6-14(16)11-19-22-12-18(23-19)17-10-15(8-9-21-17)20-24-26-27-25-20/h1-10,12H,11H2,(H,22,23)(H,24,25,26,27). The molecule has 0 amide bonds. The Morgan fingerprint density at radius 1 is 0.926 bits per heavy atom. The average Bonchev–Trinajstić information content (AvgIpc) is 3.41. The first-order valence-corrected chi connectivity index (χ1v) is 8.57. The number of aromatic nitrogens is 7. The van der Waals surface area contributed by atoms with Crippen LogP contribution in [0.5, 0.6) is 0 Å². The van der Waals surface area contributed by atoms with Gasteiger partial charge in [-0.25, -0.2) is 4.98 Å². The first-order valence-electron chi connectivity index (χ1n) is 8.57. The maximum absolute atomic E-state index is 4.54. The van der Waals surface area contributed by atoms with Gasteiger partial charge in [-0.15, -0.1) is 10.2 Å². The molecule has 5 rings (SSSR count). The van der Waals surface area contributed by atoms with Crippen molar-refractivity contribution < 1.29 is 0 Å². The third kappa shape index (κ3) is 2.95. The van der Waals surface area contributed by atoms with Crippen molar-refractivity contribution in [3.63, 3.8) is 0 Å². The number of benzene rings is 2. The molecule has 3 heterocycles. The van der Waals surface area contributed by atoms with Gasteiger partial charge in [0.1, 0.15) is 5.82 Å². The maximum atomic E-state index is 4.54. The maximum Gasteiger partial charge on any atom is 0.204 e. The van der Waals surface area contributed by atoms with Crippen LogP contribution < -0.4 is 0 Å². The van der Waals surface area contributed by atoms with Crippen LogP contribution in [-0.2, 0) is 6.42 Å². The van der Waals surface area contributed by atoms with Crippen LogP contribution in [0.1, 0.15) is 11.4 Å². The van der Waals surface area contributed by atoms with Crippen LogP contribution in [0.3, 0.4) is 0 Å². The lowest BCUT2D eigenvalue weighted by molar-refractivity contribution is 0.881. The van der Waals surface area contributed by atoms with Crippen molar-refractivity contribution in [3.8, 4) is 22.8 Å². The SMILES string of the molecule is c1ccc2c(Cc3ncc(-c4cc(-c5nn[nH]n5)ccn4)[nH]3)cccc2c1. The van der Waals surface area contributed by atoms with E-state index < -0.39 is 0 Å². The van der Waals surface area contributed by atoms with Crippen molar-refractivity contribution in [1.82, 2.24) is 35.6 Å². The van der Waals surface area contributed by atoms with Crippen molar-refractivity contribution in [2.24, 2.45) is 0 Å². The van der Waals surface area contributed by atoms with Crippen molar-refractivity contribution in [2.45, 2.75) is 6.42 Å². The van der Waals surface area contributed by atoms with E-state index >= 15 is 0 Å². The number of hydrogen-bond acceptors (Lipinski definition) is 5. The third-order valence-electron chi connectivity index (χ3n) is 4.51. The summed E-state index contributed by atoms with van der Waals surface area (Å²) in [6.07, 6.45) is 4.26. The van der Waals surface area contributed by atoms with Crippen molar-refractivity contribution in [2.75, 3.05) is 0 Å². The zero-order valence-corrected chi connectivity index (χ0v) is 14.3. The van der Waals surface area contributed by atoms with Gasteiger partial charge in [0.15, 0.2) is 0 Å². The topological polar surface area (TPSA) is 96.0 Å². The lowest BCUT2D eigenvalue weighted by Gasteiger charge is -2.05. The Morgan fingerprint density at radius 3 is 2.78 bits per heavy atom. The van der Waals surface area contributed by atoms with Gasteiger partial charge in [-0.3, -0.25) is 4.98 Å². The van der Waals surface area contributed by atoms with E-state index in [9.17, 15) is 0 Å². The van der Waals surface area contributed by atoms with Crippen LogP contribution in [0.2, 0.25) is 0 Å². The molecular formula is C20H15N7. The van der Waals surface area contributed by atoms with E-state index in [0.717, 1.165) is 29.2 Å². The average molecular weight is 353 g/mol. The minimum Gasteiger partial charge on any atom is -0.340 e. The molecule has 3 aromatic heterocycles. The molecule has 7 nitrogen and oxygen atoms in total. The van der Waals surface area contributed by atoms with Crippen LogP contribution in [-0.4, -0.2) is 35.6 Å². The van der Waals surface area contributed by atoms with Crippen molar-refractivity contribution >= 4 is 10.8 Å². The number of nitrogens with one attached hydrogen (secondary N) is 2. The number of tetrazole rings is 1. The molecule has 2 N–H and O–H groups in total. The number of imidazole rings is 1. The van der Waals surface area contributed by atoms with E-state index in [0.29, 0.717) is 5.82 Å². The second kappa shape index (κ2) is 6.45. The number of hydrogen-bond donors (Lipinski definition) is 2. The van der Waals surface area contributed by atoms with E-state index in [-0.39, 0.29) is 0 Å². The third-order valence-corrected chi connectivity index (χ3v) is 4.51. The summed E-state index contributed by atoms with van der Waals surface area (Å²) in [5.41, 5.74) is 3.73. The van der Waals surface area contributed by atoms with Gasteiger partial charge in [-0.05, 0) is 33.7 Å². The van der Waals surface area contributed by atoms with E-state index in [2.05, 4.69) is 78.0 Å². The Kier molecular flexibility index (Phi) is 3.68. The Bertz CT molecular complexity index is 1200. The summed E-state index contributed by atoms with van der Waals surface area (Å²) < 4.78 is 0. The summed E-state index contributed by atoms with van der Waals surface area (Å²) >= 11 is 0. The Hall–Kier alpha value is -3.87. The molecular weight excluding hydrogens is 338 g/mol. The molecule has 2 aromatic carbocycles. The molecule has 0 saturated carbocycles. The molecule has 0 unspecified atom stereocenters. The quantitative estimate of drug-likeness (QED) is 0.516. The summed E-state index contributed by atoms with van der Waals surface area (Å²) in [5.74, 6) is 1.43. The molecule has 0 aliphatic heterocycles. The number of H-pyrrole nitrogens is 2. The van der Waals surface area contributed by atoms with Crippen LogP contribution >= 0.6 is 0 Å². The highest BCUT2D eigenvalue weighted by Gasteiger charge is 2.10. The molecule has 7 heteroatoms. The molecule has 0 radical (unpaired) electrons. The highest BCUT2D eigenvalue weighted by atomic mass is 15.5. The molecule has 0 spiro atoms. The second-order valence-corrected chi connectivity index (χ2v) is 6.22. The van der Waals surface area contributed by atoms with Crippen LogP contribution in [0.25, 0.3) is 33.5 Å². The lowest BCUT2D eigenvalue weighted by atomic mass is 10.0.